The van der Waals surface area contributed by atoms with Crippen LogP contribution in [0.2, 0.25) is 0 Å². The monoisotopic (exact) mass is 449 g/mol. The molecule has 1 heterocycles. The third-order valence-electron chi connectivity index (χ3n) is 5.14. The van der Waals surface area contributed by atoms with Gasteiger partial charge < -0.3 is 19.4 Å². The van der Waals surface area contributed by atoms with Crippen molar-refractivity contribution >= 4 is 17.7 Å². The maximum Gasteiger partial charge on any atom is 0.309 e. The first kappa shape index (κ1) is 23.5. The molecule has 3 aromatic rings. The molecule has 0 radical (unpaired) electrons. The van der Waals surface area contributed by atoms with Gasteiger partial charge in [-0.3, -0.25) is 9.59 Å². The van der Waals surface area contributed by atoms with Crippen molar-refractivity contribution in [3.05, 3.63) is 82.8 Å². The van der Waals surface area contributed by atoms with Crippen LogP contribution in [0.5, 0.6) is 5.75 Å². The van der Waals surface area contributed by atoms with Crippen molar-refractivity contribution in [3.8, 4) is 11.8 Å². The number of para-hydroxylation sites is 1. The zero-order valence-electron chi connectivity index (χ0n) is 18.4. The minimum Gasteiger partial charge on any atom is -0.493 e. The number of aromatic nitrogens is 1. The van der Waals surface area contributed by atoms with Gasteiger partial charge in [0.1, 0.15) is 23.5 Å². The Bertz CT molecular complexity index is 1170. The van der Waals surface area contributed by atoms with Crippen molar-refractivity contribution in [2.75, 3.05) is 18.5 Å². The number of benzene rings is 2. The maximum absolute atomic E-state index is 13.2. The number of hydrogen-bond donors (Lipinski definition) is 1. The van der Waals surface area contributed by atoms with Crippen LogP contribution >= 0.6 is 0 Å². The van der Waals surface area contributed by atoms with Crippen LogP contribution in [0.15, 0.2) is 54.6 Å². The van der Waals surface area contributed by atoms with Gasteiger partial charge in [0.25, 0.3) is 5.91 Å². The predicted octanol–water partition coefficient (Wildman–Crippen LogP) is 4.11. The maximum atomic E-state index is 13.2. The van der Waals surface area contributed by atoms with Gasteiger partial charge in [0.15, 0.2) is 6.61 Å². The van der Waals surface area contributed by atoms with E-state index in [2.05, 4.69) is 11.4 Å². The Hall–Kier alpha value is -4.12. The summed E-state index contributed by atoms with van der Waals surface area (Å²) in [5, 5.41) is 12.3. The van der Waals surface area contributed by atoms with E-state index in [0.29, 0.717) is 23.7 Å². The van der Waals surface area contributed by atoms with E-state index in [1.54, 1.807) is 35.8 Å². The molecule has 0 atom stereocenters. The van der Waals surface area contributed by atoms with Gasteiger partial charge >= 0.3 is 5.97 Å². The fraction of sp³-hybridized carbons (Fsp3) is 0.240. The van der Waals surface area contributed by atoms with Crippen molar-refractivity contribution in [2.45, 2.75) is 26.8 Å². The summed E-state index contributed by atoms with van der Waals surface area (Å²) in [6.07, 6.45) is -0.00915. The third-order valence-corrected chi connectivity index (χ3v) is 5.14. The number of halogens is 1. The van der Waals surface area contributed by atoms with E-state index >= 15 is 0 Å². The lowest BCUT2D eigenvalue weighted by Crippen LogP contribution is -2.23. The first-order valence-electron chi connectivity index (χ1n) is 10.4. The smallest absolute Gasteiger partial charge is 0.309 e. The first-order valence-corrected chi connectivity index (χ1v) is 10.4. The molecule has 0 aliphatic carbocycles. The molecule has 8 heteroatoms. The van der Waals surface area contributed by atoms with Gasteiger partial charge in [0.05, 0.1) is 18.6 Å². The molecule has 0 fully saturated rings. The van der Waals surface area contributed by atoms with Gasteiger partial charge in [-0.05, 0) is 49.2 Å². The number of carbonyl (C=O) groups is 2. The molecule has 1 aromatic heterocycles. The van der Waals surface area contributed by atoms with Crippen LogP contribution < -0.4 is 10.1 Å². The third kappa shape index (κ3) is 6.20. The number of ether oxygens (including phenoxy) is 2. The number of anilines is 1. The summed E-state index contributed by atoms with van der Waals surface area (Å²) in [4.78, 5) is 24.4. The Labute approximate surface area is 191 Å². The molecule has 1 N–H and O–H groups in total. The van der Waals surface area contributed by atoms with E-state index in [0.717, 1.165) is 16.8 Å². The number of amides is 1. The second kappa shape index (κ2) is 11.0. The summed E-state index contributed by atoms with van der Waals surface area (Å²) in [5.74, 6) is -0.538. The molecule has 0 bridgehead atoms. The predicted molar refractivity (Wildman–Crippen MR) is 120 cm³/mol. The molecule has 0 spiro atoms. The van der Waals surface area contributed by atoms with Crippen LogP contribution in [-0.2, 0) is 20.9 Å². The SMILES string of the molecule is Cc1c(C#N)c(NC(=O)COC(=O)CCOc2ccccc2)n(Cc2ccc(F)cc2)c1C. The number of carbonyl (C=O) groups excluding carboxylic acids is 2. The molecule has 0 saturated carbocycles. The van der Waals surface area contributed by atoms with Crippen molar-refractivity contribution in [1.82, 2.24) is 4.57 Å². The van der Waals surface area contributed by atoms with E-state index in [1.807, 2.05) is 25.1 Å². The number of esters is 1. The minimum atomic E-state index is -0.573. The van der Waals surface area contributed by atoms with Gasteiger partial charge in [-0.1, -0.05) is 30.3 Å². The van der Waals surface area contributed by atoms with Crippen LogP contribution in [-0.4, -0.2) is 29.7 Å². The Balaban J connectivity index is 1.60. The average Bonchev–Trinajstić information content (AvgIpc) is 3.03. The van der Waals surface area contributed by atoms with Crippen molar-refractivity contribution < 1.29 is 23.5 Å². The molecule has 33 heavy (non-hydrogen) atoms. The molecule has 0 aliphatic heterocycles. The van der Waals surface area contributed by atoms with E-state index in [4.69, 9.17) is 9.47 Å². The van der Waals surface area contributed by atoms with E-state index in [-0.39, 0.29) is 18.8 Å². The summed E-state index contributed by atoms with van der Waals surface area (Å²) >= 11 is 0. The highest BCUT2D eigenvalue weighted by Gasteiger charge is 2.20. The lowest BCUT2D eigenvalue weighted by atomic mass is 10.2. The Kier molecular flexibility index (Phi) is 7.82. The van der Waals surface area contributed by atoms with Gasteiger partial charge in [0, 0.05) is 12.2 Å². The first-order chi connectivity index (χ1) is 15.9. The lowest BCUT2D eigenvalue weighted by Gasteiger charge is -2.13. The summed E-state index contributed by atoms with van der Waals surface area (Å²) in [6, 6.07) is 17.1. The highest BCUT2D eigenvalue weighted by atomic mass is 19.1. The zero-order chi connectivity index (χ0) is 23.8. The van der Waals surface area contributed by atoms with Crippen LogP contribution in [0.3, 0.4) is 0 Å². The quantitative estimate of drug-likeness (QED) is 0.496. The standard InChI is InChI=1S/C25H24FN3O4/c1-17-18(2)29(15-19-8-10-20(26)11-9-19)25(22(17)14-27)28-23(30)16-33-24(31)12-13-32-21-6-4-3-5-7-21/h3-11H,12-13,15-16H2,1-2H3,(H,28,30). The zero-order valence-corrected chi connectivity index (χ0v) is 18.4. The molecule has 0 saturated heterocycles. The molecular formula is C25H24FN3O4. The van der Waals surface area contributed by atoms with Gasteiger partial charge in [0.2, 0.25) is 0 Å². The van der Waals surface area contributed by atoms with Gasteiger partial charge in [-0.2, -0.15) is 5.26 Å². The number of rotatable bonds is 9. The summed E-state index contributed by atoms with van der Waals surface area (Å²) in [7, 11) is 0. The summed E-state index contributed by atoms with van der Waals surface area (Å²) < 4.78 is 25.5. The molecule has 3 rings (SSSR count). The van der Waals surface area contributed by atoms with Gasteiger partial charge in [-0.25, -0.2) is 4.39 Å². The summed E-state index contributed by atoms with van der Waals surface area (Å²) in [6.45, 7) is 3.59. The molecule has 1 amide bonds. The molecule has 170 valence electrons. The lowest BCUT2D eigenvalue weighted by molar-refractivity contribution is -0.147. The number of nitrogens with one attached hydrogen (secondary N) is 1. The van der Waals surface area contributed by atoms with Crippen molar-refractivity contribution in [1.29, 1.82) is 5.26 Å². The van der Waals surface area contributed by atoms with E-state index in [9.17, 15) is 19.2 Å². The molecule has 0 unspecified atom stereocenters. The highest BCUT2D eigenvalue weighted by Crippen LogP contribution is 2.27. The van der Waals surface area contributed by atoms with Crippen molar-refractivity contribution in [2.24, 2.45) is 0 Å². The molecular weight excluding hydrogens is 425 g/mol. The second-order valence-electron chi connectivity index (χ2n) is 7.38. The molecule has 0 aliphatic rings. The van der Waals surface area contributed by atoms with Crippen molar-refractivity contribution in [3.63, 3.8) is 0 Å². The van der Waals surface area contributed by atoms with Crippen LogP contribution in [0.4, 0.5) is 10.2 Å². The molecule has 7 nitrogen and oxygen atoms in total. The second-order valence-corrected chi connectivity index (χ2v) is 7.38. The molecule has 2 aromatic carbocycles. The topological polar surface area (TPSA) is 93.3 Å². The fourth-order valence-electron chi connectivity index (χ4n) is 3.26. The fourth-order valence-corrected chi connectivity index (χ4v) is 3.26. The summed E-state index contributed by atoms with van der Waals surface area (Å²) in [5.41, 5.74) is 2.65. The Morgan fingerprint density at radius 2 is 1.79 bits per heavy atom. The number of nitrogens with zero attached hydrogens (tertiary/aromatic N) is 2. The Morgan fingerprint density at radius 3 is 2.45 bits per heavy atom. The van der Waals surface area contributed by atoms with Crippen LogP contribution in [0.25, 0.3) is 0 Å². The van der Waals surface area contributed by atoms with Crippen LogP contribution in [0, 0.1) is 31.0 Å². The van der Waals surface area contributed by atoms with Gasteiger partial charge in [-0.15, -0.1) is 0 Å². The average molecular weight is 449 g/mol. The highest BCUT2D eigenvalue weighted by molar-refractivity contribution is 5.93. The number of hydrogen-bond acceptors (Lipinski definition) is 5. The Morgan fingerprint density at radius 1 is 1.09 bits per heavy atom. The number of nitriles is 1. The van der Waals surface area contributed by atoms with E-state index < -0.39 is 18.5 Å². The largest absolute Gasteiger partial charge is 0.493 e. The minimum absolute atomic E-state index is 0.00915. The van der Waals surface area contributed by atoms with Crippen LogP contribution in [0.1, 0.15) is 28.8 Å². The van der Waals surface area contributed by atoms with E-state index in [1.165, 1.54) is 12.1 Å². The normalized spacial score (nSPS) is 10.4.